The molecule has 37 heavy (non-hydrogen) atoms. The second kappa shape index (κ2) is 10.2. The van der Waals surface area contributed by atoms with Crippen molar-refractivity contribution in [3.8, 4) is 0 Å². The van der Waals surface area contributed by atoms with Crippen LogP contribution in [0, 0.1) is 20.8 Å². The predicted molar refractivity (Wildman–Crippen MR) is 150 cm³/mol. The summed E-state index contributed by atoms with van der Waals surface area (Å²) in [6.07, 6.45) is 0. The highest BCUT2D eigenvalue weighted by Crippen LogP contribution is 2.27. The molecule has 2 amide bonds. The molecule has 0 fully saturated rings. The second-order valence-corrected chi connectivity index (χ2v) is 9.46. The number of anilines is 2. The Morgan fingerprint density at radius 1 is 0.676 bits per heavy atom. The first-order valence-electron chi connectivity index (χ1n) is 12.3. The average Bonchev–Trinajstić information content (AvgIpc) is 3.25. The Kier molecular flexibility index (Phi) is 6.60. The summed E-state index contributed by atoms with van der Waals surface area (Å²) < 4.78 is 2.04. The lowest BCUT2D eigenvalue weighted by atomic mass is 10.1. The molecule has 0 radical (unpaired) electrons. The number of carbonyl (C=O) groups excluding carboxylic acids is 2. The monoisotopic (exact) mass is 487 g/mol. The lowest BCUT2D eigenvalue weighted by molar-refractivity contribution is 0.101. The Balaban J connectivity index is 1.52. The van der Waals surface area contributed by atoms with E-state index in [1.54, 1.807) is 0 Å². The fraction of sp³-hybridized carbons (Fsp3) is 0.125. The summed E-state index contributed by atoms with van der Waals surface area (Å²) in [5, 5.41) is 6.88. The number of nitrogens with one attached hydrogen (secondary N) is 2. The third-order valence-corrected chi connectivity index (χ3v) is 6.57. The van der Waals surface area contributed by atoms with Crippen molar-refractivity contribution in [2.75, 3.05) is 10.6 Å². The maximum Gasteiger partial charge on any atom is 0.272 e. The SMILES string of the molecule is Cc1ccc(C(=O)Nc2ccc3c(c2)cc(C(=O)Nc2ccccc2)n3Cc2cc(C)ccc2C)cc1. The van der Waals surface area contributed by atoms with Crippen LogP contribution < -0.4 is 10.6 Å². The molecule has 0 aliphatic rings. The molecule has 5 nitrogen and oxygen atoms in total. The minimum atomic E-state index is -0.182. The maximum atomic E-state index is 13.4. The van der Waals surface area contributed by atoms with Crippen molar-refractivity contribution in [2.45, 2.75) is 27.3 Å². The molecule has 0 aliphatic heterocycles. The highest BCUT2D eigenvalue weighted by molar-refractivity contribution is 6.08. The van der Waals surface area contributed by atoms with Gasteiger partial charge < -0.3 is 15.2 Å². The zero-order valence-electron chi connectivity index (χ0n) is 21.2. The van der Waals surface area contributed by atoms with Crippen molar-refractivity contribution < 1.29 is 9.59 Å². The van der Waals surface area contributed by atoms with Gasteiger partial charge in [-0.1, -0.05) is 59.7 Å². The molecule has 0 atom stereocenters. The van der Waals surface area contributed by atoms with Gasteiger partial charge in [0.1, 0.15) is 5.69 Å². The average molecular weight is 488 g/mol. The molecule has 0 spiro atoms. The lowest BCUT2D eigenvalue weighted by Crippen LogP contribution is -2.17. The van der Waals surface area contributed by atoms with Gasteiger partial charge in [0.25, 0.3) is 11.8 Å². The zero-order valence-corrected chi connectivity index (χ0v) is 21.2. The van der Waals surface area contributed by atoms with Crippen LogP contribution in [-0.2, 0) is 6.54 Å². The van der Waals surface area contributed by atoms with Crippen LogP contribution in [0.25, 0.3) is 10.9 Å². The summed E-state index contributed by atoms with van der Waals surface area (Å²) in [5.41, 5.74) is 8.10. The molecule has 0 saturated heterocycles. The minimum Gasteiger partial charge on any atom is -0.332 e. The van der Waals surface area contributed by atoms with Gasteiger partial charge in [-0.25, -0.2) is 0 Å². The van der Waals surface area contributed by atoms with Gasteiger partial charge in [-0.05, 0) is 80.4 Å². The molecule has 5 rings (SSSR count). The van der Waals surface area contributed by atoms with E-state index < -0.39 is 0 Å². The van der Waals surface area contributed by atoms with Gasteiger partial charge in [0.15, 0.2) is 0 Å². The van der Waals surface area contributed by atoms with Crippen molar-refractivity contribution >= 4 is 34.1 Å². The third-order valence-electron chi connectivity index (χ3n) is 6.57. The minimum absolute atomic E-state index is 0.170. The van der Waals surface area contributed by atoms with E-state index in [1.165, 1.54) is 11.1 Å². The van der Waals surface area contributed by atoms with Gasteiger partial charge in [0, 0.05) is 34.4 Å². The molecule has 1 aromatic heterocycles. The van der Waals surface area contributed by atoms with Gasteiger partial charge >= 0.3 is 0 Å². The van der Waals surface area contributed by atoms with Crippen molar-refractivity contribution in [3.05, 3.63) is 131 Å². The van der Waals surface area contributed by atoms with E-state index in [0.717, 1.165) is 27.7 Å². The smallest absolute Gasteiger partial charge is 0.272 e. The van der Waals surface area contributed by atoms with Gasteiger partial charge in [-0.3, -0.25) is 9.59 Å². The first-order chi connectivity index (χ1) is 17.9. The Morgan fingerprint density at radius 2 is 1.38 bits per heavy atom. The van der Waals surface area contributed by atoms with Gasteiger partial charge in [-0.2, -0.15) is 0 Å². The molecule has 4 aromatic carbocycles. The highest BCUT2D eigenvalue weighted by Gasteiger charge is 2.18. The number of para-hydroxylation sites is 1. The van der Waals surface area contributed by atoms with E-state index in [4.69, 9.17) is 0 Å². The number of fused-ring (bicyclic) bond motifs is 1. The van der Waals surface area contributed by atoms with Crippen molar-refractivity contribution in [2.24, 2.45) is 0 Å². The summed E-state index contributed by atoms with van der Waals surface area (Å²) in [7, 11) is 0. The number of amides is 2. The van der Waals surface area contributed by atoms with E-state index in [0.29, 0.717) is 23.5 Å². The van der Waals surface area contributed by atoms with Crippen LogP contribution in [0.15, 0.2) is 97.1 Å². The summed E-state index contributed by atoms with van der Waals surface area (Å²) in [4.78, 5) is 26.2. The van der Waals surface area contributed by atoms with Crippen LogP contribution in [0.4, 0.5) is 11.4 Å². The van der Waals surface area contributed by atoms with Crippen molar-refractivity contribution in [1.82, 2.24) is 4.57 Å². The first kappa shape index (κ1) is 24.1. The van der Waals surface area contributed by atoms with Gasteiger partial charge in [-0.15, -0.1) is 0 Å². The topological polar surface area (TPSA) is 63.1 Å². The number of hydrogen-bond acceptors (Lipinski definition) is 2. The van der Waals surface area contributed by atoms with E-state index in [1.807, 2.05) is 90.4 Å². The molecular formula is C32H29N3O2. The molecule has 0 aliphatic carbocycles. The molecule has 2 N–H and O–H groups in total. The molecule has 0 bridgehead atoms. The maximum absolute atomic E-state index is 13.4. The standard InChI is InChI=1S/C32H29N3O2/c1-21-10-13-24(14-11-21)31(36)34-28-15-16-29-25(18-28)19-30(32(37)33-27-7-5-4-6-8-27)35(29)20-26-17-22(2)9-12-23(26)3/h4-19H,20H2,1-3H3,(H,33,37)(H,34,36). The zero-order chi connectivity index (χ0) is 25.9. The van der Waals surface area contributed by atoms with E-state index in [-0.39, 0.29) is 11.8 Å². The second-order valence-electron chi connectivity index (χ2n) is 9.46. The van der Waals surface area contributed by atoms with Crippen LogP contribution in [0.2, 0.25) is 0 Å². The molecule has 1 heterocycles. The fourth-order valence-corrected chi connectivity index (χ4v) is 4.47. The number of nitrogens with zero attached hydrogens (tertiary/aromatic N) is 1. The Hall–Kier alpha value is -4.64. The number of benzene rings is 4. The number of hydrogen-bond donors (Lipinski definition) is 2. The third kappa shape index (κ3) is 5.31. The highest BCUT2D eigenvalue weighted by atomic mass is 16.2. The summed E-state index contributed by atoms with van der Waals surface area (Å²) in [6, 6.07) is 30.9. The number of aryl methyl sites for hydroxylation is 3. The number of carbonyl (C=O) groups is 2. The largest absolute Gasteiger partial charge is 0.332 e. The van der Waals surface area contributed by atoms with Crippen LogP contribution in [0.1, 0.15) is 43.1 Å². The van der Waals surface area contributed by atoms with Crippen molar-refractivity contribution in [1.29, 1.82) is 0 Å². The summed E-state index contributed by atoms with van der Waals surface area (Å²) in [5.74, 6) is -0.353. The Morgan fingerprint density at radius 3 is 2.14 bits per heavy atom. The quantitative estimate of drug-likeness (QED) is 0.268. The molecular weight excluding hydrogens is 458 g/mol. The van der Waals surface area contributed by atoms with E-state index in [2.05, 4.69) is 42.7 Å². The fourth-order valence-electron chi connectivity index (χ4n) is 4.47. The van der Waals surface area contributed by atoms with Crippen LogP contribution in [0.3, 0.4) is 0 Å². The Labute approximate surface area is 216 Å². The predicted octanol–water partition coefficient (Wildman–Crippen LogP) is 7.12. The number of rotatable bonds is 6. The first-order valence-corrected chi connectivity index (χ1v) is 12.3. The van der Waals surface area contributed by atoms with Crippen LogP contribution in [0.5, 0.6) is 0 Å². The van der Waals surface area contributed by atoms with Crippen LogP contribution in [-0.4, -0.2) is 16.4 Å². The molecule has 0 unspecified atom stereocenters. The number of aromatic nitrogens is 1. The Bertz CT molecular complexity index is 1600. The summed E-state index contributed by atoms with van der Waals surface area (Å²) >= 11 is 0. The normalized spacial score (nSPS) is 10.9. The van der Waals surface area contributed by atoms with Gasteiger partial charge in [0.05, 0.1) is 0 Å². The molecule has 0 saturated carbocycles. The van der Waals surface area contributed by atoms with E-state index in [9.17, 15) is 9.59 Å². The molecule has 5 aromatic rings. The van der Waals surface area contributed by atoms with E-state index >= 15 is 0 Å². The lowest BCUT2D eigenvalue weighted by Gasteiger charge is -2.14. The molecule has 184 valence electrons. The van der Waals surface area contributed by atoms with Gasteiger partial charge in [0.2, 0.25) is 0 Å². The van der Waals surface area contributed by atoms with Crippen molar-refractivity contribution in [3.63, 3.8) is 0 Å². The van der Waals surface area contributed by atoms with Crippen LogP contribution >= 0.6 is 0 Å². The molecule has 5 heteroatoms. The summed E-state index contributed by atoms with van der Waals surface area (Å²) in [6.45, 7) is 6.71.